The van der Waals surface area contributed by atoms with Crippen LogP contribution in [-0.2, 0) is 5.41 Å². The summed E-state index contributed by atoms with van der Waals surface area (Å²) in [6.07, 6.45) is 0. The Morgan fingerprint density at radius 1 is 0.292 bits per heavy atom. The Hall–Kier alpha value is -8.20. The Balaban J connectivity index is 1.18. The Morgan fingerprint density at radius 2 is 0.677 bits per heavy atom. The van der Waals surface area contributed by atoms with E-state index in [1.807, 2.05) is 0 Å². The van der Waals surface area contributed by atoms with E-state index < -0.39 is 5.41 Å². The Bertz CT molecular complexity index is 3380. The zero-order valence-corrected chi connectivity index (χ0v) is 36.5. The molecule has 308 valence electrons. The molecule has 0 saturated heterocycles. The maximum absolute atomic E-state index is 2.49. The van der Waals surface area contributed by atoms with E-state index in [2.05, 4.69) is 266 Å². The first-order valence-electron chi connectivity index (χ1n) is 22.6. The lowest BCUT2D eigenvalue weighted by Gasteiger charge is -2.36. The third kappa shape index (κ3) is 6.25. The first-order chi connectivity index (χ1) is 32.1. The Morgan fingerprint density at radius 3 is 1.17 bits per heavy atom. The number of hydrogen-bond acceptors (Lipinski definition) is 2. The second kappa shape index (κ2) is 15.6. The van der Waals surface area contributed by atoms with Crippen molar-refractivity contribution in [1.82, 2.24) is 0 Å². The lowest BCUT2D eigenvalue weighted by Crippen LogP contribution is -2.29. The minimum Gasteiger partial charge on any atom is -0.310 e. The highest BCUT2D eigenvalue weighted by Crippen LogP contribution is 2.59. The van der Waals surface area contributed by atoms with Crippen LogP contribution in [0.25, 0.3) is 43.4 Å². The molecule has 0 aromatic heterocycles. The van der Waals surface area contributed by atoms with Crippen LogP contribution in [0.5, 0.6) is 0 Å². The molecule has 0 heterocycles. The van der Waals surface area contributed by atoms with E-state index in [0.29, 0.717) is 0 Å². The quantitative estimate of drug-likeness (QED) is 0.151. The lowest BCUT2D eigenvalue weighted by atomic mass is 9.66. The maximum Gasteiger partial charge on any atom is 0.0721 e. The third-order valence-corrected chi connectivity index (χ3v) is 13.6. The fraction of sp³-hybridized carbons (Fsp3) is 0.0476. The molecule has 1 aliphatic rings. The number of anilines is 6. The molecule has 0 N–H and O–H groups in total. The first kappa shape index (κ1) is 38.5. The van der Waals surface area contributed by atoms with E-state index in [4.69, 9.17) is 0 Å². The van der Waals surface area contributed by atoms with Crippen LogP contribution in [0.2, 0.25) is 0 Å². The van der Waals surface area contributed by atoms with Gasteiger partial charge in [-0.2, -0.15) is 0 Å². The number of nitrogens with zero attached hydrogens (tertiary/aromatic N) is 2. The maximum atomic E-state index is 2.49. The van der Waals surface area contributed by atoms with Crippen molar-refractivity contribution >= 4 is 66.4 Å². The highest BCUT2D eigenvalue weighted by molar-refractivity contribution is 6.02. The highest BCUT2D eigenvalue weighted by Gasteiger charge is 2.47. The molecule has 0 saturated carbocycles. The fourth-order valence-corrected chi connectivity index (χ4v) is 10.6. The van der Waals surface area contributed by atoms with Crippen LogP contribution in [0, 0.1) is 13.8 Å². The van der Waals surface area contributed by atoms with Crippen molar-refractivity contribution in [2.75, 3.05) is 9.80 Å². The van der Waals surface area contributed by atoms with Gasteiger partial charge in [0.25, 0.3) is 0 Å². The smallest absolute Gasteiger partial charge is 0.0721 e. The first-order valence-corrected chi connectivity index (χ1v) is 22.6. The lowest BCUT2D eigenvalue weighted by molar-refractivity contribution is 0.776. The summed E-state index contributed by atoms with van der Waals surface area (Å²) in [6.45, 7) is 4.32. The molecule has 0 fully saturated rings. The summed E-state index contributed by atoms with van der Waals surface area (Å²) in [6, 6.07) is 90.1. The van der Waals surface area contributed by atoms with Gasteiger partial charge in [-0.15, -0.1) is 0 Å². The summed E-state index contributed by atoms with van der Waals surface area (Å²) in [5.41, 5.74) is 16.0. The second-order valence-corrected chi connectivity index (χ2v) is 17.4. The summed E-state index contributed by atoms with van der Waals surface area (Å²) < 4.78 is 0. The van der Waals surface area contributed by atoms with Gasteiger partial charge in [0, 0.05) is 33.5 Å². The predicted molar refractivity (Wildman–Crippen MR) is 275 cm³/mol. The molecule has 0 unspecified atom stereocenters. The van der Waals surface area contributed by atoms with Crippen LogP contribution in [0.3, 0.4) is 0 Å². The fourth-order valence-electron chi connectivity index (χ4n) is 10.6. The van der Waals surface area contributed by atoms with Crippen molar-refractivity contribution in [2.45, 2.75) is 19.3 Å². The number of aryl methyl sites for hydroxylation is 2. The van der Waals surface area contributed by atoms with Gasteiger partial charge in [-0.05, 0) is 129 Å². The van der Waals surface area contributed by atoms with Gasteiger partial charge < -0.3 is 9.80 Å². The summed E-state index contributed by atoms with van der Waals surface area (Å²) in [7, 11) is 0. The minimum atomic E-state index is -0.700. The molecule has 12 rings (SSSR count). The monoisotopic (exact) mass is 830 g/mol. The molecule has 1 aliphatic carbocycles. The summed E-state index contributed by atoms with van der Waals surface area (Å²) in [4.78, 5) is 4.91. The van der Waals surface area contributed by atoms with Crippen molar-refractivity contribution in [3.63, 3.8) is 0 Å². The highest BCUT2D eigenvalue weighted by atomic mass is 15.1. The topological polar surface area (TPSA) is 6.48 Å². The van der Waals surface area contributed by atoms with E-state index >= 15 is 0 Å². The van der Waals surface area contributed by atoms with Gasteiger partial charge in [-0.1, -0.05) is 193 Å². The number of rotatable bonds is 8. The van der Waals surface area contributed by atoms with Crippen molar-refractivity contribution in [1.29, 1.82) is 0 Å². The van der Waals surface area contributed by atoms with Crippen molar-refractivity contribution in [3.05, 3.63) is 276 Å². The van der Waals surface area contributed by atoms with Gasteiger partial charge in [0.05, 0.1) is 16.8 Å². The Labute approximate surface area is 380 Å². The SMILES string of the molecule is Cc1ccc(N(c2ccc3c(c2)C(c2ccccc2)(c2cccc4ccccc24)c2cc(N(c4ccc(C)cc4)c4cccc5ccccc45)ccc2-3)c2cccc3ccccc23)cc1. The van der Waals surface area contributed by atoms with Gasteiger partial charge in [0.15, 0.2) is 0 Å². The molecular weight excluding hydrogens is 785 g/mol. The van der Waals surface area contributed by atoms with Gasteiger partial charge >= 0.3 is 0 Å². The summed E-state index contributed by atoms with van der Waals surface area (Å²) in [5.74, 6) is 0. The van der Waals surface area contributed by atoms with Crippen LogP contribution >= 0.6 is 0 Å². The van der Waals surface area contributed by atoms with E-state index in [0.717, 1.165) is 34.1 Å². The number of benzene rings is 11. The van der Waals surface area contributed by atoms with Crippen molar-refractivity contribution in [3.8, 4) is 11.1 Å². The predicted octanol–water partition coefficient (Wildman–Crippen LogP) is 17.1. The van der Waals surface area contributed by atoms with Crippen LogP contribution in [0.15, 0.2) is 243 Å². The third-order valence-electron chi connectivity index (χ3n) is 13.6. The van der Waals surface area contributed by atoms with Crippen LogP contribution in [0.4, 0.5) is 34.1 Å². The van der Waals surface area contributed by atoms with Crippen molar-refractivity contribution < 1.29 is 0 Å². The van der Waals surface area contributed by atoms with E-state index in [9.17, 15) is 0 Å². The largest absolute Gasteiger partial charge is 0.310 e. The molecule has 0 aliphatic heterocycles. The normalized spacial score (nSPS) is 12.6. The average molecular weight is 831 g/mol. The zero-order chi connectivity index (χ0) is 43.5. The summed E-state index contributed by atoms with van der Waals surface area (Å²) in [5, 5.41) is 7.29. The van der Waals surface area contributed by atoms with Crippen LogP contribution in [-0.4, -0.2) is 0 Å². The van der Waals surface area contributed by atoms with Gasteiger partial charge in [0.1, 0.15) is 0 Å². The molecule has 0 amide bonds. The van der Waals surface area contributed by atoms with Crippen LogP contribution < -0.4 is 9.80 Å². The van der Waals surface area contributed by atoms with Crippen molar-refractivity contribution in [2.24, 2.45) is 0 Å². The molecule has 0 bridgehead atoms. The molecule has 2 nitrogen and oxygen atoms in total. The average Bonchev–Trinajstić information content (AvgIpc) is 3.65. The molecule has 0 radical (unpaired) electrons. The van der Waals surface area contributed by atoms with E-state index in [-0.39, 0.29) is 0 Å². The van der Waals surface area contributed by atoms with E-state index in [1.54, 1.807) is 0 Å². The van der Waals surface area contributed by atoms with E-state index in [1.165, 1.54) is 76.8 Å². The molecule has 0 atom stereocenters. The minimum absolute atomic E-state index is 0.700. The van der Waals surface area contributed by atoms with Gasteiger partial charge in [0.2, 0.25) is 0 Å². The molecule has 0 spiro atoms. The van der Waals surface area contributed by atoms with Crippen LogP contribution in [0.1, 0.15) is 33.4 Å². The summed E-state index contributed by atoms with van der Waals surface area (Å²) >= 11 is 0. The second-order valence-electron chi connectivity index (χ2n) is 17.4. The molecule has 2 heteroatoms. The zero-order valence-electron chi connectivity index (χ0n) is 36.5. The standard InChI is InChI=1S/C63H46N2/c1-43-29-33-49(34-30-43)64(61-27-13-19-46-16-7-10-24-54(46)61)51-37-39-56-57-40-38-52(65(50-35-31-44(2)32-36-50)62-28-14-20-47-17-8-11-25-55(47)62)42-60(57)63(59(56)41-51,48-21-4-3-5-22-48)58-26-12-18-45-15-6-9-23-53(45)58/h3-42H,1-2H3. The molecule has 11 aromatic carbocycles. The Kier molecular flexibility index (Phi) is 9.21. The number of hydrogen-bond donors (Lipinski definition) is 0. The molecular formula is C63H46N2. The van der Waals surface area contributed by atoms with Gasteiger partial charge in [-0.3, -0.25) is 0 Å². The molecule has 65 heavy (non-hydrogen) atoms. The molecule has 11 aromatic rings. The number of fused-ring (bicyclic) bond motifs is 6. The van der Waals surface area contributed by atoms with Gasteiger partial charge in [-0.25, -0.2) is 0 Å².